The van der Waals surface area contributed by atoms with Crippen molar-refractivity contribution >= 4 is 0 Å². The maximum Gasteiger partial charge on any atom is 0.0229 e. The van der Waals surface area contributed by atoms with Crippen LogP contribution in [0.15, 0.2) is 25.3 Å². The fourth-order valence-electron chi connectivity index (χ4n) is 6.06. The second kappa shape index (κ2) is 4.77. The maximum atomic E-state index is 6.70. The summed E-state index contributed by atoms with van der Waals surface area (Å²) in [4.78, 5) is 0. The average Bonchev–Trinajstić information content (AvgIpc) is 2.25. The second-order valence-corrected chi connectivity index (χ2v) is 7.94. The van der Waals surface area contributed by atoms with Crippen LogP contribution in [-0.4, -0.2) is 5.54 Å². The Bertz CT molecular complexity index is 323. The van der Waals surface area contributed by atoms with Crippen molar-refractivity contribution in [3.05, 3.63) is 25.3 Å². The number of hydrogen-bond donors (Lipinski definition) is 1. The highest BCUT2D eigenvalue weighted by Crippen LogP contribution is 2.62. The topological polar surface area (TPSA) is 26.0 Å². The molecule has 4 aliphatic rings. The molecule has 0 aromatic heterocycles. The highest BCUT2D eigenvalue weighted by Gasteiger charge is 2.52. The Morgan fingerprint density at radius 2 is 1.37 bits per heavy atom. The number of rotatable bonds is 6. The molecule has 0 amide bonds. The van der Waals surface area contributed by atoms with E-state index in [9.17, 15) is 0 Å². The molecule has 0 unspecified atom stereocenters. The van der Waals surface area contributed by atoms with E-state index in [0.29, 0.717) is 5.41 Å². The van der Waals surface area contributed by atoms with Gasteiger partial charge in [0.2, 0.25) is 0 Å². The van der Waals surface area contributed by atoms with E-state index in [2.05, 4.69) is 13.2 Å². The Morgan fingerprint density at radius 3 is 1.74 bits per heavy atom. The summed E-state index contributed by atoms with van der Waals surface area (Å²) in [6.45, 7) is 7.82. The third-order valence-electron chi connectivity index (χ3n) is 5.99. The van der Waals surface area contributed by atoms with Gasteiger partial charge in [-0.3, -0.25) is 0 Å². The molecule has 0 saturated heterocycles. The molecule has 0 radical (unpaired) electrons. The summed E-state index contributed by atoms with van der Waals surface area (Å²) in [5.74, 6) is 3.05. The summed E-state index contributed by atoms with van der Waals surface area (Å²) in [6, 6.07) is 0. The fraction of sp³-hybridized carbons (Fsp3) is 0.778. The lowest BCUT2D eigenvalue weighted by atomic mass is 9.47. The summed E-state index contributed by atoms with van der Waals surface area (Å²) < 4.78 is 0. The van der Waals surface area contributed by atoms with Gasteiger partial charge in [-0.1, -0.05) is 12.2 Å². The minimum atomic E-state index is -0.0881. The van der Waals surface area contributed by atoms with Gasteiger partial charge in [0.25, 0.3) is 0 Å². The number of nitrogens with two attached hydrogens (primary N) is 1. The summed E-state index contributed by atoms with van der Waals surface area (Å²) in [7, 11) is 0. The zero-order valence-corrected chi connectivity index (χ0v) is 12.2. The van der Waals surface area contributed by atoms with Crippen molar-refractivity contribution in [2.45, 2.75) is 63.3 Å². The van der Waals surface area contributed by atoms with Gasteiger partial charge in [0.15, 0.2) is 0 Å². The van der Waals surface area contributed by atoms with Crippen LogP contribution in [0.25, 0.3) is 0 Å². The maximum absolute atomic E-state index is 6.70. The van der Waals surface area contributed by atoms with Crippen LogP contribution in [0.2, 0.25) is 0 Å². The van der Waals surface area contributed by atoms with Crippen molar-refractivity contribution in [1.82, 2.24) is 0 Å². The van der Waals surface area contributed by atoms with Gasteiger partial charge < -0.3 is 5.73 Å². The predicted molar refractivity (Wildman–Crippen MR) is 81.8 cm³/mol. The first kappa shape index (κ1) is 13.4. The van der Waals surface area contributed by atoms with Crippen LogP contribution in [-0.2, 0) is 0 Å². The molecule has 4 bridgehead atoms. The smallest absolute Gasteiger partial charge is 0.0229 e. The number of hydrogen-bond acceptors (Lipinski definition) is 1. The van der Waals surface area contributed by atoms with Crippen LogP contribution < -0.4 is 5.73 Å². The van der Waals surface area contributed by atoms with Gasteiger partial charge in [-0.05, 0) is 81.0 Å². The van der Waals surface area contributed by atoms with E-state index in [1.807, 2.05) is 12.2 Å². The molecule has 0 aromatic rings. The van der Waals surface area contributed by atoms with E-state index in [0.717, 1.165) is 30.6 Å². The Hall–Kier alpha value is -0.560. The Balaban J connectivity index is 1.77. The standard InChI is InChI=1S/C18H29N/c1-3-5-18(19,6-4-2)13-17-10-14-7-15(11-17)9-16(8-14)12-17/h3-4,14-16H,1-2,5-13,19H2. The van der Waals surface area contributed by atoms with Crippen molar-refractivity contribution in [2.24, 2.45) is 28.9 Å². The molecule has 1 nitrogen and oxygen atoms in total. The monoisotopic (exact) mass is 259 g/mol. The molecule has 106 valence electrons. The minimum Gasteiger partial charge on any atom is -0.325 e. The first-order valence-corrected chi connectivity index (χ1v) is 8.07. The highest BCUT2D eigenvalue weighted by molar-refractivity contribution is 5.07. The van der Waals surface area contributed by atoms with Crippen molar-refractivity contribution in [3.63, 3.8) is 0 Å². The molecule has 4 aliphatic carbocycles. The molecule has 4 fully saturated rings. The van der Waals surface area contributed by atoms with Crippen LogP contribution in [0.5, 0.6) is 0 Å². The minimum absolute atomic E-state index is 0.0881. The van der Waals surface area contributed by atoms with Gasteiger partial charge in [-0.25, -0.2) is 0 Å². The van der Waals surface area contributed by atoms with Crippen LogP contribution in [0.1, 0.15) is 57.8 Å². The first-order valence-electron chi connectivity index (χ1n) is 8.07. The Kier molecular flexibility index (Phi) is 3.37. The molecule has 1 heteroatoms. The van der Waals surface area contributed by atoms with E-state index < -0.39 is 0 Å². The van der Waals surface area contributed by atoms with Crippen molar-refractivity contribution in [3.8, 4) is 0 Å². The van der Waals surface area contributed by atoms with E-state index in [-0.39, 0.29) is 5.54 Å². The molecular formula is C18H29N. The Labute approximate surface area is 118 Å². The first-order chi connectivity index (χ1) is 9.06. The Morgan fingerprint density at radius 1 is 0.947 bits per heavy atom. The molecule has 4 rings (SSSR count). The normalized spacial score (nSPS) is 40.4. The average molecular weight is 259 g/mol. The van der Waals surface area contributed by atoms with Crippen molar-refractivity contribution in [2.75, 3.05) is 0 Å². The molecule has 0 spiro atoms. The fourth-order valence-corrected chi connectivity index (χ4v) is 6.06. The molecule has 0 aromatic carbocycles. The van der Waals surface area contributed by atoms with Gasteiger partial charge in [0.05, 0.1) is 0 Å². The third kappa shape index (κ3) is 2.54. The highest BCUT2D eigenvalue weighted by atomic mass is 14.8. The summed E-state index contributed by atoms with van der Waals surface area (Å²) >= 11 is 0. The van der Waals surface area contributed by atoms with Gasteiger partial charge in [0, 0.05) is 5.54 Å². The third-order valence-corrected chi connectivity index (χ3v) is 5.99. The van der Waals surface area contributed by atoms with Crippen LogP contribution in [0, 0.1) is 23.2 Å². The molecule has 0 aliphatic heterocycles. The van der Waals surface area contributed by atoms with Crippen LogP contribution >= 0.6 is 0 Å². The van der Waals surface area contributed by atoms with E-state index in [1.165, 1.54) is 44.9 Å². The van der Waals surface area contributed by atoms with E-state index in [4.69, 9.17) is 5.73 Å². The lowest BCUT2D eigenvalue weighted by Gasteiger charge is -2.58. The van der Waals surface area contributed by atoms with Gasteiger partial charge in [-0.2, -0.15) is 0 Å². The lowest BCUT2D eigenvalue weighted by molar-refractivity contribution is -0.0678. The van der Waals surface area contributed by atoms with E-state index in [1.54, 1.807) is 0 Å². The SMILES string of the molecule is C=CCC(N)(CC=C)CC12CC3CC(CC(C3)C1)C2. The summed E-state index contributed by atoms with van der Waals surface area (Å²) in [6.07, 6.45) is 16.0. The molecule has 0 heterocycles. The quantitative estimate of drug-likeness (QED) is 0.701. The lowest BCUT2D eigenvalue weighted by Crippen LogP contribution is -2.52. The van der Waals surface area contributed by atoms with Gasteiger partial charge >= 0.3 is 0 Å². The molecule has 19 heavy (non-hydrogen) atoms. The van der Waals surface area contributed by atoms with Crippen molar-refractivity contribution in [1.29, 1.82) is 0 Å². The van der Waals surface area contributed by atoms with Crippen molar-refractivity contribution < 1.29 is 0 Å². The molecule has 0 atom stereocenters. The largest absolute Gasteiger partial charge is 0.325 e. The summed E-state index contributed by atoms with van der Waals surface area (Å²) in [5.41, 5.74) is 7.17. The second-order valence-electron chi connectivity index (χ2n) is 7.94. The zero-order chi connectivity index (χ0) is 13.5. The van der Waals surface area contributed by atoms with Gasteiger partial charge in [-0.15, -0.1) is 13.2 Å². The zero-order valence-electron chi connectivity index (χ0n) is 12.2. The molecule has 2 N–H and O–H groups in total. The molecular weight excluding hydrogens is 230 g/mol. The predicted octanol–water partition coefficient (Wildman–Crippen LogP) is 4.44. The van der Waals surface area contributed by atoms with E-state index >= 15 is 0 Å². The summed E-state index contributed by atoms with van der Waals surface area (Å²) in [5, 5.41) is 0. The molecule has 4 saturated carbocycles. The van der Waals surface area contributed by atoms with Crippen LogP contribution in [0.4, 0.5) is 0 Å². The van der Waals surface area contributed by atoms with Gasteiger partial charge in [0.1, 0.15) is 0 Å². The van der Waals surface area contributed by atoms with Crippen LogP contribution in [0.3, 0.4) is 0 Å².